The number of rotatable bonds is 9. The third-order valence-corrected chi connectivity index (χ3v) is 9.96. The van der Waals surface area contributed by atoms with Gasteiger partial charge in [0.2, 0.25) is 15.9 Å². The largest absolute Gasteiger partial charge is 0.488 e. The molecule has 10 heteroatoms. The molecule has 2 amide bonds. The van der Waals surface area contributed by atoms with Gasteiger partial charge in [-0.2, -0.15) is 0 Å². The van der Waals surface area contributed by atoms with Crippen molar-refractivity contribution in [2.45, 2.75) is 64.1 Å². The van der Waals surface area contributed by atoms with Crippen LogP contribution in [0, 0.1) is 20.8 Å². The zero-order chi connectivity index (χ0) is 31.5. The summed E-state index contributed by atoms with van der Waals surface area (Å²) in [5, 5.41) is 0.142. The fourth-order valence-corrected chi connectivity index (χ4v) is 6.56. The zero-order valence-electron chi connectivity index (χ0n) is 25.7. The molecular weight excluding hydrogens is 586 g/mol. The van der Waals surface area contributed by atoms with Crippen molar-refractivity contribution in [1.29, 1.82) is 0 Å². The molecule has 43 heavy (non-hydrogen) atoms. The van der Waals surface area contributed by atoms with E-state index in [-0.39, 0.29) is 21.4 Å². The van der Waals surface area contributed by atoms with Crippen molar-refractivity contribution in [3.8, 4) is 5.75 Å². The number of carbonyl (C=O) groups excluding carboxylic acids is 2. The van der Waals surface area contributed by atoms with Crippen molar-refractivity contribution in [2.24, 2.45) is 0 Å². The third-order valence-electron chi connectivity index (χ3n) is 7.82. The normalized spacial score (nSPS) is 15.4. The lowest BCUT2D eigenvalue weighted by atomic mass is 9.99. The molecule has 0 aromatic heterocycles. The van der Waals surface area contributed by atoms with Crippen molar-refractivity contribution in [2.75, 3.05) is 27.7 Å². The van der Waals surface area contributed by atoms with Crippen LogP contribution in [0.15, 0.2) is 59.5 Å². The molecule has 0 N–H and O–H groups in total. The van der Waals surface area contributed by atoms with Gasteiger partial charge in [0.25, 0.3) is 5.91 Å². The van der Waals surface area contributed by atoms with Crippen LogP contribution in [0.25, 0.3) is 0 Å². The minimum Gasteiger partial charge on any atom is -0.488 e. The molecule has 230 valence electrons. The van der Waals surface area contributed by atoms with Crippen LogP contribution in [0.4, 0.5) is 0 Å². The minimum absolute atomic E-state index is 0.0284. The van der Waals surface area contributed by atoms with Gasteiger partial charge in [-0.25, -0.2) is 12.7 Å². The highest BCUT2D eigenvalue weighted by Gasteiger charge is 2.35. The van der Waals surface area contributed by atoms with E-state index in [1.165, 1.54) is 42.8 Å². The number of aryl methyl sites for hydroxylation is 3. The average Bonchev–Trinajstić information content (AvgIpc) is 2.97. The van der Waals surface area contributed by atoms with Gasteiger partial charge in [-0.05, 0) is 80.5 Å². The molecule has 8 nitrogen and oxygen atoms in total. The summed E-state index contributed by atoms with van der Waals surface area (Å²) in [5.74, 6) is 0.211. The van der Waals surface area contributed by atoms with E-state index in [9.17, 15) is 18.0 Å². The van der Waals surface area contributed by atoms with Crippen molar-refractivity contribution in [3.63, 3.8) is 0 Å². The summed E-state index contributed by atoms with van der Waals surface area (Å²) >= 11 is 6.38. The number of likely N-dealkylation sites (N-methyl/N-ethyl adjacent to an activating group) is 1. The smallest absolute Gasteiger partial charge is 0.256 e. The van der Waals surface area contributed by atoms with E-state index in [0.29, 0.717) is 26.1 Å². The molecule has 1 heterocycles. The predicted molar refractivity (Wildman–Crippen MR) is 169 cm³/mol. The summed E-state index contributed by atoms with van der Waals surface area (Å²) in [6, 6.07) is 15.7. The molecule has 0 radical (unpaired) electrons. The lowest BCUT2D eigenvalue weighted by Gasteiger charge is -2.37. The summed E-state index contributed by atoms with van der Waals surface area (Å²) < 4.78 is 32.6. The van der Waals surface area contributed by atoms with Crippen LogP contribution in [-0.4, -0.2) is 68.1 Å². The second-order valence-electron chi connectivity index (χ2n) is 11.5. The van der Waals surface area contributed by atoms with Gasteiger partial charge >= 0.3 is 0 Å². The molecule has 3 aromatic rings. The van der Waals surface area contributed by atoms with Crippen LogP contribution in [0.5, 0.6) is 5.75 Å². The number of benzene rings is 3. The topological polar surface area (TPSA) is 87.2 Å². The molecule has 1 saturated heterocycles. The van der Waals surface area contributed by atoms with E-state index in [4.69, 9.17) is 16.3 Å². The van der Waals surface area contributed by atoms with Crippen LogP contribution < -0.4 is 4.74 Å². The first-order valence-electron chi connectivity index (χ1n) is 14.4. The number of amides is 2. The fraction of sp³-hybridized carbons (Fsp3) is 0.394. The van der Waals surface area contributed by atoms with Crippen LogP contribution in [-0.2, 0) is 28.0 Å². The summed E-state index contributed by atoms with van der Waals surface area (Å²) in [6.45, 7) is 7.28. The Bertz CT molecular complexity index is 1580. The Labute approximate surface area is 260 Å². The average molecular weight is 626 g/mol. The molecule has 1 fully saturated rings. The number of hydrogen-bond acceptors (Lipinski definition) is 5. The molecule has 1 unspecified atom stereocenters. The van der Waals surface area contributed by atoms with E-state index >= 15 is 0 Å². The van der Waals surface area contributed by atoms with Crippen LogP contribution in [0.3, 0.4) is 0 Å². The van der Waals surface area contributed by atoms with Crippen LogP contribution in [0.1, 0.15) is 57.4 Å². The van der Waals surface area contributed by atoms with Crippen molar-refractivity contribution in [3.05, 3.63) is 93.0 Å². The first-order chi connectivity index (χ1) is 20.3. The van der Waals surface area contributed by atoms with E-state index in [0.717, 1.165) is 45.2 Å². The lowest BCUT2D eigenvalue weighted by molar-refractivity contribution is -0.136. The molecule has 1 aliphatic rings. The van der Waals surface area contributed by atoms with Gasteiger partial charge in [0, 0.05) is 34.2 Å². The maximum absolute atomic E-state index is 13.7. The highest BCUT2D eigenvalue weighted by atomic mass is 35.5. The number of halogens is 1. The van der Waals surface area contributed by atoms with E-state index < -0.39 is 22.0 Å². The van der Waals surface area contributed by atoms with Crippen LogP contribution in [0.2, 0.25) is 5.02 Å². The number of carbonyl (C=O) groups is 2. The molecule has 0 saturated carbocycles. The molecule has 1 atom stereocenters. The van der Waals surface area contributed by atoms with Crippen LogP contribution >= 0.6 is 11.6 Å². The molecular formula is C33H40ClN3O5S. The fourth-order valence-electron chi connectivity index (χ4n) is 5.43. The number of ether oxygens (including phenoxy) is 1. The number of likely N-dealkylation sites (tertiary alicyclic amines) is 1. The third kappa shape index (κ3) is 7.40. The Morgan fingerprint density at radius 3 is 2.21 bits per heavy atom. The second kappa shape index (κ2) is 13.5. The Balaban J connectivity index is 1.49. The lowest BCUT2D eigenvalue weighted by Crippen LogP contribution is -2.52. The highest BCUT2D eigenvalue weighted by molar-refractivity contribution is 7.89. The zero-order valence-corrected chi connectivity index (χ0v) is 27.3. The van der Waals surface area contributed by atoms with Gasteiger partial charge in [0.05, 0.1) is 15.5 Å². The van der Waals surface area contributed by atoms with Gasteiger partial charge in [-0.15, -0.1) is 0 Å². The van der Waals surface area contributed by atoms with Gasteiger partial charge in [0.15, 0.2) is 0 Å². The van der Waals surface area contributed by atoms with Gasteiger partial charge in [-0.3, -0.25) is 9.59 Å². The molecule has 0 aliphatic carbocycles. The number of nitrogens with zero attached hydrogens (tertiary/aromatic N) is 3. The Kier molecular flexibility index (Phi) is 10.2. The van der Waals surface area contributed by atoms with Gasteiger partial charge in [0.1, 0.15) is 18.4 Å². The Hall–Kier alpha value is -3.40. The van der Waals surface area contributed by atoms with Crippen molar-refractivity contribution in [1.82, 2.24) is 14.1 Å². The Morgan fingerprint density at radius 1 is 0.930 bits per heavy atom. The SMILES string of the molecule is Cc1ccc(COc2c(C)cc(CN(C)C(=O)C3CCCCN3C(=O)c3cc(S(=O)(=O)N(C)C)ccc3Cl)cc2C)cc1. The summed E-state index contributed by atoms with van der Waals surface area (Å²) in [4.78, 5) is 30.6. The minimum atomic E-state index is -3.77. The molecule has 1 aliphatic heterocycles. The van der Waals surface area contributed by atoms with Crippen molar-refractivity contribution >= 4 is 33.4 Å². The molecule has 0 spiro atoms. The van der Waals surface area contributed by atoms with E-state index in [2.05, 4.69) is 31.2 Å². The number of sulfonamides is 1. The number of hydrogen-bond donors (Lipinski definition) is 0. The predicted octanol–water partition coefficient (Wildman–Crippen LogP) is 5.75. The first-order valence-corrected chi connectivity index (χ1v) is 16.2. The monoisotopic (exact) mass is 625 g/mol. The number of piperidine rings is 1. The maximum atomic E-state index is 13.7. The quantitative estimate of drug-likeness (QED) is 0.302. The first kappa shape index (κ1) is 32.5. The van der Waals surface area contributed by atoms with E-state index in [1.807, 2.05) is 26.0 Å². The maximum Gasteiger partial charge on any atom is 0.256 e. The van der Waals surface area contributed by atoms with Crippen molar-refractivity contribution < 1.29 is 22.7 Å². The summed E-state index contributed by atoms with van der Waals surface area (Å²) in [7, 11) is 0.823. The second-order valence-corrected chi connectivity index (χ2v) is 14.0. The Morgan fingerprint density at radius 2 is 1.58 bits per heavy atom. The van der Waals surface area contributed by atoms with E-state index in [1.54, 1.807) is 11.9 Å². The molecule has 0 bridgehead atoms. The standard InChI is InChI=1S/C33H40ClN3O5S/c1-22-10-12-25(13-11-22)21-42-31-23(2)17-26(18-24(31)3)20-36(6)33(39)30-9-7-8-16-37(30)32(38)28-19-27(14-15-29(28)34)43(40,41)35(4)5/h10-15,17-19,30H,7-9,16,20-21H2,1-6H3. The molecule has 4 rings (SSSR count). The highest BCUT2D eigenvalue weighted by Crippen LogP contribution is 2.29. The molecule has 3 aromatic carbocycles. The summed E-state index contributed by atoms with van der Waals surface area (Å²) in [5.41, 5.74) is 5.30. The van der Waals surface area contributed by atoms with Gasteiger partial charge < -0.3 is 14.5 Å². The van der Waals surface area contributed by atoms with Gasteiger partial charge in [-0.1, -0.05) is 53.6 Å². The summed E-state index contributed by atoms with van der Waals surface area (Å²) in [6.07, 6.45) is 2.07.